The highest BCUT2D eigenvalue weighted by molar-refractivity contribution is 5.84. The van der Waals surface area contributed by atoms with Crippen molar-refractivity contribution in [2.45, 2.75) is 12.8 Å². The lowest BCUT2D eigenvalue weighted by Crippen LogP contribution is -2.50. The third-order valence-corrected chi connectivity index (χ3v) is 7.60. The Bertz CT molecular complexity index is 1490. The molecule has 4 aromatic rings. The summed E-state index contributed by atoms with van der Waals surface area (Å²) in [5, 5.41) is 14.8. The third-order valence-electron chi connectivity index (χ3n) is 7.60. The first-order chi connectivity index (χ1) is 19.1. The number of fused-ring (bicyclic) bond motifs is 1. The summed E-state index contributed by atoms with van der Waals surface area (Å²) in [5.74, 6) is 0.768. The first-order valence-corrected chi connectivity index (χ1v) is 13.4. The summed E-state index contributed by atoms with van der Waals surface area (Å²) in [6.45, 7) is 4.42. The summed E-state index contributed by atoms with van der Waals surface area (Å²) in [5.41, 5.74) is 4.53. The van der Waals surface area contributed by atoms with E-state index in [1.807, 2.05) is 38.6 Å². The van der Waals surface area contributed by atoms with E-state index < -0.39 is 0 Å². The van der Waals surface area contributed by atoms with Crippen LogP contribution in [0.1, 0.15) is 12.8 Å². The number of carbonyl (C=O) groups is 1. The predicted octanol–water partition coefficient (Wildman–Crippen LogP) is 4.27. The van der Waals surface area contributed by atoms with Crippen LogP contribution in [-0.4, -0.2) is 70.9 Å². The molecule has 0 unspecified atom stereocenters. The van der Waals surface area contributed by atoms with Crippen LogP contribution in [-0.2, 0) is 4.79 Å². The number of hydrogen-bond acceptors (Lipinski definition) is 7. The number of carbonyl (C=O) groups excluding carboxylic acids is 1. The van der Waals surface area contributed by atoms with Crippen molar-refractivity contribution in [3.05, 3.63) is 83.0 Å². The zero-order valence-corrected chi connectivity index (χ0v) is 21.7. The van der Waals surface area contributed by atoms with Gasteiger partial charge in [-0.25, -0.2) is 4.98 Å². The van der Waals surface area contributed by atoms with E-state index in [0.29, 0.717) is 31.9 Å². The Kier molecular flexibility index (Phi) is 6.75. The average molecular weight is 526 g/mol. The fourth-order valence-electron chi connectivity index (χ4n) is 5.53. The number of piperazine rings is 1. The molecule has 2 aliphatic rings. The van der Waals surface area contributed by atoms with E-state index in [1.54, 1.807) is 18.2 Å². The van der Waals surface area contributed by atoms with Crippen molar-refractivity contribution < 1.29 is 9.72 Å². The van der Waals surface area contributed by atoms with Crippen LogP contribution in [0.25, 0.3) is 16.9 Å². The maximum atomic E-state index is 13.2. The Morgan fingerprint density at radius 1 is 0.872 bits per heavy atom. The van der Waals surface area contributed by atoms with Gasteiger partial charge < -0.3 is 20.0 Å². The van der Waals surface area contributed by atoms with Gasteiger partial charge >= 0.3 is 0 Å². The highest BCUT2D eigenvalue weighted by atomic mass is 16.6. The number of amides is 1. The number of para-hydroxylation sites is 2. The molecule has 4 heterocycles. The molecule has 0 saturated carbocycles. The van der Waals surface area contributed by atoms with Gasteiger partial charge in [0.05, 0.1) is 11.5 Å². The molecule has 2 aliphatic heterocycles. The maximum absolute atomic E-state index is 13.2. The molecule has 0 bridgehead atoms. The average Bonchev–Trinajstić information content (AvgIpc) is 3.65. The van der Waals surface area contributed by atoms with Crippen LogP contribution in [0.15, 0.2) is 72.9 Å². The number of nitrogens with one attached hydrogen (secondary N) is 1. The van der Waals surface area contributed by atoms with E-state index in [9.17, 15) is 14.9 Å². The van der Waals surface area contributed by atoms with Gasteiger partial charge in [0.25, 0.3) is 5.69 Å². The third kappa shape index (κ3) is 4.97. The van der Waals surface area contributed by atoms with Crippen molar-refractivity contribution in [2.24, 2.45) is 0 Å². The lowest BCUT2D eigenvalue weighted by Gasteiger charge is -2.35. The summed E-state index contributed by atoms with van der Waals surface area (Å²) >= 11 is 0. The second-order valence-electron chi connectivity index (χ2n) is 9.95. The SMILES string of the molecule is O=C(CNc1c(-c2ccc(N3CCCC3)cc2)nc2ccccn12)N1CCN(c2ccccc2[N+](=O)[O-])CC1. The summed E-state index contributed by atoms with van der Waals surface area (Å²) in [7, 11) is 0. The van der Waals surface area contributed by atoms with Crippen LogP contribution < -0.4 is 15.1 Å². The normalized spacial score (nSPS) is 15.6. The van der Waals surface area contributed by atoms with Crippen LogP contribution in [0.4, 0.5) is 22.9 Å². The number of benzene rings is 2. The molecule has 0 spiro atoms. The lowest BCUT2D eigenvalue weighted by molar-refractivity contribution is -0.384. The van der Waals surface area contributed by atoms with E-state index in [2.05, 4.69) is 34.5 Å². The predicted molar refractivity (Wildman–Crippen MR) is 152 cm³/mol. The fourth-order valence-corrected chi connectivity index (χ4v) is 5.53. The Morgan fingerprint density at radius 2 is 1.59 bits per heavy atom. The largest absolute Gasteiger partial charge is 0.372 e. The minimum absolute atomic E-state index is 0.0153. The lowest BCUT2D eigenvalue weighted by atomic mass is 10.1. The zero-order valence-electron chi connectivity index (χ0n) is 21.7. The number of pyridine rings is 1. The topological polar surface area (TPSA) is 99.3 Å². The number of anilines is 3. The number of nitro groups is 1. The number of imidazole rings is 1. The van der Waals surface area contributed by atoms with Crippen LogP contribution in [0, 0.1) is 10.1 Å². The summed E-state index contributed by atoms with van der Waals surface area (Å²) in [6.07, 6.45) is 4.41. The summed E-state index contributed by atoms with van der Waals surface area (Å²) in [6, 6.07) is 21.1. The van der Waals surface area contributed by atoms with Gasteiger partial charge in [-0.05, 0) is 43.2 Å². The Hall–Kier alpha value is -4.60. The van der Waals surface area contributed by atoms with Gasteiger partial charge in [-0.15, -0.1) is 0 Å². The monoisotopic (exact) mass is 525 g/mol. The zero-order chi connectivity index (χ0) is 26.8. The van der Waals surface area contributed by atoms with Gasteiger partial charge in [-0.2, -0.15) is 0 Å². The molecule has 6 rings (SSSR count). The quantitative estimate of drug-likeness (QED) is 0.284. The highest BCUT2D eigenvalue weighted by Gasteiger charge is 2.26. The smallest absolute Gasteiger partial charge is 0.292 e. The summed E-state index contributed by atoms with van der Waals surface area (Å²) < 4.78 is 1.98. The molecule has 1 N–H and O–H groups in total. The standard InChI is InChI=1S/C29H31N7O3/c37-27(34-19-17-33(18-20-34)24-7-1-2-8-25(24)36(38)39)21-30-29-28(31-26-9-3-4-16-35(26)29)22-10-12-23(13-11-22)32-14-5-6-15-32/h1-4,7-13,16,30H,5-6,14-15,17-21H2. The van der Waals surface area contributed by atoms with Gasteiger partial charge in [0.15, 0.2) is 0 Å². The Balaban J connectivity index is 1.15. The number of nitrogens with zero attached hydrogens (tertiary/aromatic N) is 6. The van der Waals surface area contributed by atoms with Gasteiger partial charge in [-0.1, -0.05) is 30.3 Å². The van der Waals surface area contributed by atoms with Crippen LogP contribution in [0.3, 0.4) is 0 Å². The molecule has 10 heteroatoms. The molecule has 2 aromatic carbocycles. The van der Waals surface area contributed by atoms with Crippen LogP contribution in [0.2, 0.25) is 0 Å². The van der Waals surface area contributed by atoms with Gasteiger partial charge in [0.1, 0.15) is 22.8 Å². The van der Waals surface area contributed by atoms with Crippen LogP contribution >= 0.6 is 0 Å². The molecule has 1 amide bonds. The Morgan fingerprint density at radius 3 is 2.33 bits per heavy atom. The van der Waals surface area contributed by atoms with Gasteiger partial charge in [0, 0.05) is 62.8 Å². The van der Waals surface area contributed by atoms with Gasteiger partial charge in [-0.3, -0.25) is 19.3 Å². The minimum Gasteiger partial charge on any atom is -0.372 e. The maximum Gasteiger partial charge on any atom is 0.292 e. The second kappa shape index (κ2) is 10.6. The molecule has 2 aromatic heterocycles. The van der Waals surface area contributed by atoms with E-state index in [-0.39, 0.29) is 23.1 Å². The molecule has 0 atom stereocenters. The molecule has 39 heavy (non-hydrogen) atoms. The van der Waals surface area contributed by atoms with Crippen molar-refractivity contribution >= 4 is 34.4 Å². The molecule has 10 nitrogen and oxygen atoms in total. The molecule has 2 fully saturated rings. The first kappa shape index (κ1) is 24.7. The fraction of sp³-hybridized carbons (Fsp3) is 0.310. The number of nitro benzene ring substituents is 1. The highest BCUT2D eigenvalue weighted by Crippen LogP contribution is 2.31. The number of hydrogen-bond donors (Lipinski definition) is 1. The molecule has 200 valence electrons. The molecule has 0 radical (unpaired) electrons. The molecule has 0 aliphatic carbocycles. The first-order valence-electron chi connectivity index (χ1n) is 13.4. The van der Waals surface area contributed by atoms with Gasteiger partial charge in [0.2, 0.25) is 5.91 Å². The summed E-state index contributed by atoms with van der Waals surface area (Å²) in [4.78, 5) is 35.3. The minimum atomic E-state index is -0.357. The van der Waals surface area contributed by atoms with E-state index in [4.69, 9.17) is 4.98 Å². The molecular formula is C29H31N7O3. The van der Waals surface area contributed by atoms with Crippen molar-refractivity contribution in [1.82, 2.24) is 14.3 Å². The number of rotatable bonds is 7. The number of aromatic nitrogens is 2. The van der Waals surface area contributed by atoms with E-state index in [1.165, 1.54) is 24.6 Å². The van der Waals surface area contributed by atoms with Crippen molar-refractivity contribution in [3.8, 4) is 11.3 Å². The van der Waals surface area contributed by atoms with E-state index in [0.717, 1.165) is 35.8 Å². The van der Waals surface area contributed by atoms with Crippen LogP contribution in [0.5, 0.6) is 0 Å². The van der Waals surface area contributed by atoms with Crippen molar-refractivity contribution in [2.75, 3.05) is 60.9 Å². The Labute approximate surface area is 226 Å². The van der Waals surface area contributed by atoms with E-state index >= 15 is 0 Å². The van der Waals surface area contributed by atoms with Crippen molar-refractivity contribution in [3.63, 3.8) is 0 Å². The molecular weight excluding hydrogens is 494 g/mol. The molecule has 2 saturated heterocycles. The van der Waals surface area contributed by atoms with Crippen molar-refractivity contribution in [1.29, 1.82) is 0 Å². The second-order valence-corrected chi connectivity index (χ2v) is 9.95.